The summed E-state index contributed by atoms with van der Waals surface area (Å²) in [6.07, 6.45) is 1.73. The summed E-state index contributed by atoms with van der Waals surface area (Å²) in [7, 11) is 0. The lowest BCUT2D eigenvalue weighted by Gasteiger charge is -2.20. The van der Waals surface area contributed by atoms with Crippen molar-refractivity contribution >= 4 is 33.5 Å². The molecule has 190 valence electrons. The maximum absolute atomic E-state index is 13.4. The van der Waals surface area contributed by atoms with Crippen LogP contribution in [0, 0.1) is 13.8 Å². The molecule has 6 heteroatoms. The summed E-state index contributed by atoms with van der Waals surface area (Å²) in [6.45, 7) is 5.79. The second-order valence-corrected chi connectivity index (χ2v) is 10.2. The van der Waals surface area contributed by atoms with Gasteiger partial charge >= 0.3 is 0 Å². The van der Waals surface area contributed by atoms with Crippen LogP contribution in [0.4, 0.5) is 5.69 Å². The number of aromatic nitrogens is 1. The highest BCUT2D eigenvalue weighted by Crippen LogP contribution is 2.33. The Balaban J connectivity index is 1.50. The Morgan fingerprint density at radius 1 is 0.974 bits per heavy atom. The minimum atomic E-state index is -0.235. The topological polar surface area (TPSA) is 72.2 Å². The van der Waals surface area contributed by atoms with Gasteiger partial charge in [-0.1, -0.05) is 66.4 Å². The number of pyridine rings is 1. The van der Waals surface area contributed by atoms with Crippen molar-refractivity contribution in [3.05, 3.63) is 129 Å². The van der Waals surface area contributed by atoms with Crippen LogP contribution < -0.4 is 10.7 Å². The number of rotatable bonds is 7. The number of benzene rings is 3. The first-order valence-electron chi connectivity index (χ1n) is 12.5. The molecule has 0 bridgehead atoms. The third-order valence-corrected chi connectivity index (χ3v) is 7.41. The Bertz CT molecular complexity index is 1660. The number of carbonyl (C=O) groups excluding carboxylic acids is 1. The summed E-state index contributed by atoms with van der Waals surface area (Å²) in [4.78, 5) is 30.9. The number of para-hydroxylation sites is 1. The molecule has 3 aromatic carbocycles. The average molecular weight is 521 g/mol. The summed E-state index contributed by atoms with van der Waals surface area (Å²) >= 11 is 1.23. The zero-order chi connectivity index (χ0) is 26.6. The molecule has 2 heterocycles. The van der Waals surface area contributed by atoms with Crippen LogP contribution in [-0.2, 0) is 5.75 Å². The molecule has 2 aromatic heterocycles. The maximum Gasteiger partial charge on any atom is 0.221 e. The first-order valence-corrected chi connectivity index (χ1v) is 13.5. The molecule has 0 aliphatic rings. The van der Waals surface area contributed by atoms with Gasteiger partial charge < -0.3 is 9.73 Å². The molecule has 38 heavy (non-hydrogen) atoms. The molecule has 5 aromatic rings. The molecule has 0 saturated heterocycles. The smallest absolute Gasteiger partial charge is 0.221 e. The zero-order valence-corrected chi connectivity index (χ0v) is 22.3. The van der Waals surface area contributed by atoms with Crippen LogP contribution in [0.3, 0.4) is 0 Å². The Kier molecular flexibility index (Phi) is 7.43. The number of aryl methyl sites for hydroxylation is 1. The number of hydrogen-bond acceptors (Lipinski definition) is 6. The fourth-order valence-corrected chi connectivity index (χ4v) is 5.34. The Hall–Kier alpha value is -4.16. The highest BCUT2D eigenvalue weighted by molar-refractivity contribution is 8.13. The van der Waals surface area contributed by atoms with E-state index >= 15 is 0 Å². The standard InChI is InChI=1S/C32H28N2O3S/c1-20-17-26(31-27(18-20)29(35)21(2)30(37-31)23-11-5-4-6-12-23)22(3)34-28-15-8-7-14-25(28)32(36)38-19-24-13-9-10-16-33-24/h4-18,22,34H,19H2,1-3H3. The second kappa shape index (κ2) is 11.1. The van der Waals surface area contributed by atoms with Crippen molar-refractivity contribution in [2.24, 2.45) is 0 Å². The molecule has 0 aliphatic heterocycles. The van der Waals surface area contributed by atoms with E-state index in [0.717, 1.165) is 28.1 Å². The molecule has 0 radical (unpaired) electrons. The van der Waals surface area contributed by atoms with Gasteiger partial charge in [0.25, 0.3) is 0 Å². The minimum Gasteiger partial charge on any atom is -0.455 e. The summed E-state index contributed by atoms with van der Waals surface area (Å²) in [6, 6.07) is 26.5. The van der Waals surface area contributed by atoms with Gasteiger partial charge in [-0.05, 0) is 56.7 Å². The van der Waals surface area contributed by atoms with E-state index in [2.05, 4.69) is 10.3 Å². The van der Waals surface area contributed by atoms with Crippen molar-refractivity contribution in [3.63, 3.8) is 0 Å². The molecule has 0 aliphatic carbocycles. The molecule has 1 unspecified atom stereocenters. The van der Waals surface area contributed by atoms with Crippen LogP contribution in [0.5, 0.6) is 0 Å². The highest BCUT2D eigenvalue weighted by Gasteiger charge is 2.20. The van der Waals surface area contributed by atoms with Crippen LogP contribution >= 0.6 is 11.8 Å². The third kappa shape index (κ3) is 5.27. The molecular formula is C32H28N2O3S. The highest BCUT2D eigenvalue weighted by atomic mass is 32.2. The molecule has 5 rings (SSSR count). The van der Waals surface area contributed by atoms with Crippen molar-refractivity contribution in [1.82, 2.24) is 4.98 Å². The van der Waals surface area contributed by atoms with E-state index in [1.165, 1.54) is 11.8 Å². The molecular weight excluding hydrogens is 492 g/mol. The monoisotopic (exact) mass is 520 g/mol. The SMILES string of the molecule is Cc1cc(C(C)Nc2ccccc2C(=O)SCc2ccccn2)c2oc(-c3ccccc3)c(C)c(=O)c2c1. The van der Waals surface area contributed by atoms with Gasteiger partial charge in [0.05, 0.1) is 22.7 Å². The number of nitrogens with zero attached hydrogens (tertiary/aromatic N) is 1. The Morgan fingerprint density at radius 2 is 1.71 bits per heavy atom. The average Bonchev–Trinajstić information content (AvgIpc) is 2.95. The lowest BCUT2D eigenvalue weighted by Crippen LogP contribution is -2.13. The molecule has 1 atom stereocenters. The van der Waals surface area contributed by atoms with E-state index in [1.54, 1.807) is 6.20 Å². The van der Waals surface area contributed by atoms with Crippen molar-refractivity contribution in [2.45, 2.75) is 32.6 Å². The number of nitrogens with one attached hydrogen (secondary N) is 1. The molecule has 5 nitrogen and oxygen atoms in total. The predicted octanol–water partition coefficient (Wildman–Crippen LogP) is 7.72. The second-order valence-electron chi connectivity index (χ2n) is 9.29. The van der Waals surface area contributed by atoms with Crippen molar-refractivity contribution < 1.29 is 9.21 Å². The summed E-state index contributed by atoms with van der Waals surface area (Å²) in [5, 5.41) is 4.03. The molecule has 0 amide bonds. The van der Waals surface area contributed by atoms with Crippen molar-refractivity contribution in [1.29, 1.82) is 0 Å². The van der Waals surface area contributed by atoms with E-state index in [1.807, 2.05) is 106 Å². The summed E-state index contributed by atoms with van der Waals surface area (Å²) in [5.41, 5.74) is 5.97. The van der Waals surface area contributed by atoms with Crippen LogP contribution in [0.1, 0.15) is 45.7 Å². The molecule has 0 saturated carbocycles. The number of fused-ring (bicyclic) bond motifs is 1. The van der Waals surface area contributed by atoms with E-state index in [-0.39, 0.29) is 16.6 Å². The Labute approximate surface area is 225 Å². The molecule has 1 N–H and O–H groups in total. The first-order chi connectivity index (χ1) is 18.4. The van der Waals surface area contributed by atoms with Crippen LogP contribution in [0.2, 0.25) is 0 Å². The van der Waals surface area contributed by atoms with Gasteiger partial charge in [-0.25, -0.2) is 0 Å². The van der Waals surface area contributed by atoms with Crippen LogP contribution in [-0.4, -0.2) is 10.1 Å². The quantitative estimate of drug-likeness (QED) is 0.237. The number of hydrogen-bond donors (Lipinski definition) is 1. The maximum atomic E-state index is 13.4. The fourth-order valence-electron chi connectivity index (χ4n) is 4.55. The van der Waals surface area contributed by atoms with E-state index in [0.29, 0.717) is 33.6 Å². The van der Waals surface area contributed by atoms with Gasteiger partial charge in [-0.15, -0.1) is 0 Å². The van der Waals surface area contributed by atoms with Gasteiger partial charge in [-0.2, -0.15) is 0 Å². The number of anilines is 1. The largest absolute Gasteiger partial charge is 0.455 e. The van der Waals surface area contributed by atoms with Gasteiger partial charge in [0, 0.05) is 34.3 Å². The van der Waals surface area contributed by atoms with E-state index < -0.39 is 0 Å². The predicted molar refractivity (Wildman–Crippen MR) is 156 cm³/mol. The lowest BCUT2D eigenvalue weighted by molar-refractivity contribution is 0.108. The van der Waals surface area contributed by atoms with Gasteiger partial charge in [-0.3, -0.25) is 14.6 Å². The lowest BCUT2D eigenvalue weighted by atomic mass is 9.98. The first kappa shape index (κ1) is 25.5. The summed E-state index contributed by atoms with van der Waals surface area (Å²) < 4.78 is 6.45. The van der Waals surface area contributed by atoms with Crippen LogP contribution in [0.15, 0.2) is 100 Å². The zero-order valence-electron chi connectivity index (χ0n) is 21.5. The fraction of sp³-hybridized carbons (Fsp3) is 0.156. The van der Waals surface area contributed by atoms with Crippen LogP contribution in [0.25, 0.3) is 22.3 Å². The molecule has 0 spiro atoms. The van der Waals surface area contributed by atoms with Crippen molar-refractivity contribution in [3.8, 4) is 11.3 Å². The van der Waals surface area contributed by atoms with E-state index in [9.17, 15) is 9.59 Å². The van der Waals surface area contributed by atoms with Gasteiger partial charge in [0.15, 0.2) is 5.43 Å². The van der Waals surface area contributed by atoms with E-state index in [4.69, 9.17) is 4.42 Å². The molecule has 0 fully saturated rings. The number of thioether (sulfide) groups is 1. The summed E-state index contributed by atoms with van der Waals surface area (Å²) in [5.74, 6) is 1.07. The third-order valence-electron chi connectivity index (χ3n) is 6.49. The van der Waals surface area contributed by atoms with Gasteiger partial charge in [0.1, 0.15) is 11.3 Å². The Morgan fingerprint density at radius 3 is 2.47 bits per heavy atom. The minimum absolute atomic E-state index is 0.0337. The normalized spacial score (nSPS) is 11.9. The number of carbonyl (C=O) groups is 1. The van der Waals surface area contributed by atoms with Gasteiger partial charge in [0.2, 0.25) is 5.12 Å². The van der Waals surface area contributed by atoms with Crippen molar-refractivity contribution in [2.75, 3.05) is 5.32 Å².